The molecule has 3 rings (SSSR count). The number of rotatable bonds is 7. The van der Waals surface area contributed by atoms with Crippen LogP contribution in [-0.4, -0.2) is 38.8 Å². The standard InChI is InChI=1S/C16H18N6O3S/c1-10-7-13(21-25-10)18-15(23)9-26-16-20-19-14(22(16)17)8-11-3-5-12(24-2)6-4-11/h3-7H,8-9,17H2,1-2H3,(H,18,21,23). The van der Waals surface area contributed by atoms with Crippen molar-refractivity contribution in [1.29, 1.82) is 0 Å². The maximum atomic E-state index is 11.9. The molecule has 1 aromatic carbocycles. The van der Waals surface area contributed by atoms with E-state index in [2.05, 4.69) is 20.7 Å². The van der Waals surface area contributed by atoms with Crippen LogP contribution in [0.1, 0.15) is 17.1 Å². The van der Waals surface area contributed by atoms with Gasteiger partial charge in [-0.1, -0.05) is 29.1 Å². The molecule has 0 aliphatic rings. The number of amides is 1. The van der Waals surface area contributed by atoms with E-state index in [1.165, 1.54) is 16.4 Å². The highest BCUT2D eigenvalue weighted by molar-refractivity contribution is 7.99. The highest BCUT2D eigenvalue weighted by atomic mass is 32.2. The maximum Gasteiger partial charge on any atom is 0.236 e. The molecule has 9 nitrogen and oxygen atoms in total. The van der Waals surface area contributed by atoms with Crippen molar-refractivity contribution in [3.8, 4) is 5.75 Å². The number of hydrogen-bond acceptors (Lipinski definition) is 8. The van der Waals surface area contributed by atoms with Crippen molar-refractivity contribution in [3.05, 3.63) is 47.5 Å². The number of nitrogen functional groups attached to an aromatic ring is 1. The third-order valence-corrected chi connectivity index (χ3v) is 4.43. The number of nitrogens with zero attached hydrogens (tertiary/aromatic N) is 4. The van der Waals surface area contributed by atoms with Gasteiger partial charge in [0.1, 0.15) is 11.5 Å². The SMILES string of the molecule is COc1ccc(Cc2nnc(SCC(=O)Nc3cc(C)on3)n2N)cc1. The molecule has 0 saturated carbocycles. The van der Waals surface area contributed by atoms with Gasteiger partial charge >= 0.3 is 0 Å². The van der Waals surface area contributed by atoms with Gasteiger partial charge in [0.2, 0.25) is 11.1 Å². The van der Waals surface area contributed by atoms with Crippen molar-refractivity contribution in [3.63, 3.8) is 0 Å². The van der Waals surface area contributed by atoms with E-state index in [-0.39, 0.29) is 11.7 Å². The first kappa shape index (κ1) is 17.8. The first-order valence-electron chi connectivity index (χ1n) is 7.73. The Morgan fingerprint density at radius 2 is 2.12 bits per heavy atom. The molecule has 10 heteroatoms. The Morgan fingerprint density at radius 3 is 2.77 bits per heavy atom. The van der Waals surface area contributed by atoms with Crippen LogP contribution in [0.25, 0.3) is 0 Å². The largest absolute Gasteiger partial charge is 0.497 e. The summed E-state index contributed by atoms with van der Waals surface area (Å²) >= 11 is 1.19. The molecule has 3 aromatic rings. The average molecular weight is 374 g/mol. The van der Waals surface area contributed by atoms with Crippen LogP contribution in [0.15, 0.2) is 40.0 Å². The summed E-state index contributed by atoms with van der Waals surface area (Å²) in [6.45, 7) is 1.75. The maximum absolute atomic E-state index is 11.9. The number of nitrogens with two attached hydrogens (primary N) is 1. The fourth-order valence-corrected chi connectivity index (χ4v) is 2.86. The lowest BCUT2D eigenvalue weighted by Crippen LogP contribution is -2.17. The van der Waals surface area contributed by atoms with Crippen molar-refractivity contribution in [2.75, 3.05) is 24.0 Å². The lowest BCUT2D eigenvalue weighted by molar-refractivity contribution is -0.113. The first-order chi connectivity index (χ1) is 12.5. The van der Waals surface area contributed by atoms with Crippen LogP contribution < -0.4 is 15.9 Å². The average Bonchev–Trinajstić information content (AvgIpc) is 3.20. The number of aryl methyl sites for hydroxylation is 1. The zero-order valence-corrected chi connectivity index (χ0v) is 15.1. The van der Waals surface area contributed by atoms with Gasteiger partial charge in [-0.3, -0.25) is 4.79 Å². The van der Waals surface area contributed by atoms with Gasteiger partial charge in [-0.05, 0) is 24.6 Å². The molecule has 3 N–H and O–H groups in total. The summed E-state index contributed by atoms with van der Waals surface area (Å²) in [6, 6.07) is 9.26. The third-order valence-electron chi connectivity index (χ3n) is 3.48. The van der Waals surface area contributed by atoms with Crippen LogP contribution in [-0.2, 0) is 11.2 Å². The van der Waals surface area contributed by atoms with E-state index in [0.717, 1.165) is 11.3 Å². The Labute approximate surface area is 153 Å². The zero-order chi connectivity index (χ0) is 18.5. The number of methoxy groups -OCH3 is 1. The van der Waals surface area contributed by atoms with Gasteiger partial charge < -0.3 is 20.4 Å². The first-order valence-corrected chi connectivity index (χ1v) is 8.72. The summed E-state index contributed by atoms with van der Waals surface area (Å²) in [4.78, 5) is 11.9. The Kier molecular flexibility index (Phi) is 5.42. The molecule has 26 heavy (non-hydrogen) atoms. The van der Waals surface area contributed by atoms with Crippen LogP contribution in [0.3, 0.4) is 0 Å². The van der Waals surface area contributed by atoms with Crippen molar-refractivity contribution >= 4 is 23.5 Å². The zero-order valence-electron chi connectivity index (χ0n) is 14.3. The van der Waals surface area contributed by atoms with Crippen LogP contribution in [0.4, 0.5) is 5.82 Å². The number of carbonyl (C=O) groups is 1. The van der Waals surface area contributed by atoms with Gasteiger partial charge in [0, 0.05) is 12.5 Å². The Balaban J connectivity index is 1.56. The van der Waals surface area contributed by atoms with Crippen LogP contribution in [0.2, 0.25) is 0 Å². The lowest BCUT2D eigenvalue weighted by atomic mass is 10.1. The summed E-state index contributed by atoms with van der Waals surface area (Å²) < 4.78 is 11.4. The number of hydrogen-bond donors (Lipinski definition) is 2. The fourth-order valence-electron chi connectivity index (χ4n) is 2.19. The molecule has 0 aliphatic heterocycles. The van der Waals surface area contributed by atoms with Crippen molar-refractivity contribution in [2.24, 2.45) is 0 Å². The van der Waals surface area contributed by atoms with E-state index in [4.69, 9.17) is 15.1 Å². The summed E-state index contributed by atoms with van der Waals surface area (Å²) in [5.41, 5.74) is 1.03. The van der Waals surface area contributed by atoms with Crippen molar-refractivity contribution < 1.29 is 14.1 Å². The Morgan fingerprint density at radius 1 is 1.35 bits per heavy atom. The van der Waals surface area contributed by atoms with Crippen LogP contribution in [0, 0.1) is 6.92 Å². The highest BCUT2D eigenvalue weighted by Crippen LogP contribution is 2.18. The third kappa shape index (κ3) is 4.33. The summed E-state index contributed by atoms with van der Waals surface area (Å²) in [5, 5.41) is 14.9. The summed E-state index contributed by atoms with van der Waals surface area (Å²) in [7, 11) is 1.62. The van der Waals surface area contributed by atoms with Gasteiger partial charge in [0.25, 0.3) is 0 Å². The molecule has 0 radical (unpaired) electrons. The van der Waals surface area contributed by atoms with E-state index >= 15 is 0 Å². The molecule has 2 aromatic heterocycles. The molecule has 0 spiro atoms. The molecule has 2 heterocycles. The molecule has 0 atom stereocenters. The molecular formula is C16H18N6O3S. The van der Waals surface area contributed by atoms with Gasteiger partial charge in [0.05, 0.1) is 12.9 Å². The molecule has 0 bridgehead atoms. The molecule has 0 fully saturated rings. The predicted molar refractivity (Wildman–Crippen MR) is 96.6 cm³/mol. The molecule has 136 valence electrons. The minimum absolute atomic E-state index is 0.129. The predicted octanol–water partition coefficient (Wildman–Crippen LogP) is 1.62. The van der Waals surface area contributed by atoms with E-state index < -0.39 is 0 Å². The number of nitrogens with one attached hydrogen (secondary N) is 1. The molecule has 0 saturated heterocycles. The Hall–Kier alpha value is -3.01. The number of aromatic nitrogens is 4. The highest BCUT2D eigenvalue weighted by Gasteiger charge is 2.13. The van der Waals surface area contributed by atoms with E-state index in [1.54, 1.807) is 20.1 Å². The fraction of sp³-hybridized carbons (Fsp3) is 0.250. The topological polar surface area (TPSA) is 121 Å². The van der Waals surface area contributed by atoms with E-state index in [1.807, 2.05) is 24.3 Å². The summed E-state index contributed by atoms with van der Waals surface area (Å²) in [5.74, 6) is 8.32. The quantitative estimate of drug-likeness (QED) is 0.473. The smallest absolute Gasteiger partial charge is 0.236 e. The van der Waals surface area contributed by atoms with Gasteiger partial charge in [-0.15, -0.1) is 10.2 Å². The number of thioether (sulfide) groups is 1. The molecule has 1 amide bonds. The summed E-state index contributed by atoms with van der Waals surface area (Å²) in [6.07, 6.45) is 0.526. The van der Waals surface area contributed by atoms with Gasteiger partial charge in [-0.2, -0.15) is 0 Å². The number of anilines is 1. The Bertz CT molecular complexity index is 890. The monoisotopic (exact) mass is 374 g/mol. The minimum Gasteiger partial charge on any atom is -0.497 e. The second kappa shape index (κ2) is 7.91. The molecular weight excluding hydrogens is 356 g/mol. The van der Waals surface area contributed by atoms with Crippen molar-refractivity contribution in [2.45, 2.75) is 18.5 Å². The number of benzene rings is 1. The number of ether oxygens (including phenoxy) is 1. The molecule has 0 unspecified atom stereocenters. The van der Waals surface area contributed by atoms with E-state index in [0.29, 0.717) is 29.0 Å². The normalized spacial score (nSPS) is 10.7. The molecule has 0 aliphatic carbocycles. The van der Waals surface area contributed by atoms with Gasteiger partial charge in [0.15, 0.2) is 11.6 Å². The van der Waals surface area contributed by atoms with Crippen LogP contribution in [0.5, 0.6) is 5.75 Å². The van der Waals surface area contributed by atoms with Crippen LogP contribution >= 0.6 is 11.8 Å². The number of carbonyl (C=O) groups excluding carboxylic acids is 1. The lowest BCUT2D eigenvalue weighted by Gasteiger charge is -2.05. The van der Waals surface area contributed by atoms with E-state index in [9.17, 15) is 4.79 Å². The second-order valence-electron chi connectivity index (χ2n) is 5.45. The van der Waals surface area contributed by atoms with Gasteiger partial charge in [-0.25, -0.2) is 4.68 Å². The second-order valence-corrected chi connectivity index (χ2v) is 6.40. The minimum atomic E-state index is -0.233. The van der Waals surface area contributed by atoms with Crippen molar-refractivity contribution in [1.82, 2.24) is 20.0 Å².